The van der Waals surface area contributed by atoms with Gasteiger partial charge in [0.25, 0.3) is 6.43 Å². The van der Waals surface area contributed by atoms with E-state index in [1.807, 2.05) is 69.3 Å². The van der Waals surface area contributed by atoms with Gasteiger partial charge in [-0.1, -0.05) is 59.7 Å². The minimum atomic E-state index is -2.77. The number of hydrogen-bond donors (Lipinski definition) is 0. The molecule has 0 bridgehead atoms. The van der Waals surface area contributed by atoms with Gasteiger partial charge in [0, 0.05) is 4.90 Å². The average Bonchev–Trinajstić information content (AvgIpc) is 2.70. The van der Waals surface area contributed by atoms with Crippen molar-refractivity contribution in [1.82, 2.24) is 0 Å². The van der Waals surface area contributed by atoms with Gasteiger partial charge in [0.1, 0.15) is 0 Å². The van der Waals surface area contributed by atoms with Crippen LogP contribution in [-0.2, 0) is 9.53 Å². The first-order chi connectivity index (χ1) is 13.8. The lowest BCUT2D eigenvalue weighted by Gasteiger charge is -2.27. The first-order valence-corrected chi connectivity index (χ1v) is 10.6. The summed E-state index contributed by atoms with van der Waals surface area (Å²) in [5.41, 5.74) is 2.89. The Morgan fingerprint density at radius 1 is 1.07 bits per heavy atom. The molecule has 0 saturated carbocycles. The number of carbonyl (C=O) groups is 1. The number of carbonyl (C=O) groups excluding carboxylic acids is 1. The molecular weight excluding hydrogens is 390 g/mol. The summed E-state index contributed by atoms with van der Waals surface area (Å²) < 4.78 is 33.3. The number of rotatable bonds is 9. The van der Waals surface area contributed by atoms with E-state index in [0.717, 1.165) is 21.6 Å². The number of aryl methyl sites for hydroxylation is 1. The molecule has 0 unspecified atom stereocenters. The second-order valence-corrected chi connectivity index (χ2v) is 8.67. The van der Waals surface area contributed by atoms with Crippen LogP contribution in [0.3, 0.4) is 0 Å². The number of allylic oxidation sites excluding steroid dienone is 2. The average molecular weight is 419 g/mol. The Labute approximate surface area is 176 Å². The van der Waals surface area contributed by atoms with Crippen molar-refractivity contribution < 1.29 is 18.3 Å². The van der Waals surface area contributed by atoms with Gasteiger partial charge in [-0.3, -0.25) is 4.79 Å². The van der Waals surface area contributed by atoms with Crippen molar-refractivity contribution in [3.63, 3.8) is 0 Å². The van der Waals surface area contributed by atoms with Crippen LogP contribution >= 0.6 is 11.8 Å². The molecule has 0 fully saturated rings. The normalized spacial score (nSPS) is 14.2. The van der Waals surface area contributed by atoms with Crippen LogP contribution in [0.1, 0.15) is 44.2 Å². The van der Waals surface area contributed by atoms with Gasteiger partial charge in [0.2, 0.25) is 0 Å². The number of hydrogen-bond acceptors (Lipinski definition) is 3. The summed E-state index contributed by atoms with van der Waals surface area (Å²) in [5, 5.41) is -0.584. The van der Waals surface area contributed by atoms with Crippen molar-refractivity contribution in [2.75, 3.05) is 0 Å². The van der Waals surface area contributed by atoms with Gasteiger partial charge in [-0.2, -0.15) is 0 Å². The largest absolute Gasteiger partial charge is 0.455 e. The standard InChI is InChI=1S/C24H28F2O2S/c1-16(2)10-15-21(29-20-13-11-17(3)12-14-20)22(23(25)26)28-24(27)18(4)19-8-6-5-7-9-19/h5-14,18,21-23H,15H2,1-4H3/t18-,21-,22-/m0/s1. The first-order valence-electron chi connectivity index (χ1n) is 9.68. The van der Waals surface area contributed by atoms with Gasteiger partial charge in [0.05, 0.1) is 11.2 Å². The van der Waals surface area contributed by atoms with Crippen LogP contribution in [0.25, 0.3) is 0 Å². The fourth-order valence-electron chi connectivity index (χ4n) is 2.80. The molecule has 2 aromatic carbocycles. The van der Waals surface area contributed by atoms with Crippen molar-refractivity contribution in [3.8, 4) is 0 Å². The van der Waals surface area contributed by atoms with Gasteiger partial charge in [-0.05, 0) is 51.8 Å². The third kappa shape index (κ3) is 7.32. The minimum absolute atomic E-state index is 0.392. The van der Waals surface area contributed by atoms with Gasteiger partial charge < -0.3 is 4.74 Å². The topological polar surface area (TPSA) is 26.3 Å². The number of thioether (sulfide) groups is 1. The summed E-state index contributed by atoms with van der Waals surface area (Å²) in [5.74, 6) is -1.24. The smallest absolute Gasteiger partial charge is 0.313 e. The van der Waals surface area contributed by atoms with Gasteiger partial charge >= 0.3 is 5.97 Å². The van der Waals surface area contributed by atoms with Crippen molar-refractivity contribution in [1.29, 1.82) is 0 Å². The molecule has 0 saturated heterocycles. The van der Waals surface area contributed by atoms with Crippen LogP contribution in [0, 0.1) is 6.92 Å². The molecule has 0 N–H and O–H groups in total. The van der Waals surface area contributed by atoms with Crippen LogP contribution in [0.2, 0.25) is 0 Å². The molecule has 0 aliphatic heterocycles. The molecule has 3 atom stereocenters. The van der Waals surface area contributed by atoms with Crippen LogP contribution in [0.4, 0.5) is 8.78 Å². The zero-order valence-corrected chi connectivity index (χ0v) is 18.1. The summed E-state index contributed by atoms with van der Waals surface area (Å²) in [4.78, 5) is 13.5. The fourth-order valence-corrected chi connectivity index (χ4v) is 3.94. The van der Waals surface area contributed by atoms with E-state index in [1.54, 1.807) is 19.1 Å². The molecule has 0 spiro atoms. The Bertz CT molecular complexity index is 799. The summed E-state index contributed by atoms with van der Waals surface area (Å²) in [6.45, 7) is 7.51. The SMILES string of the molecule is CC(C)=CC[C@H](Sc1ccc(C)cc1)[C@H](OC(=O)[C@@H](C)c1ccccc1)C(F)F. The van der Waals surface area contributed by atoms with Gasteiger partial charge in [-0.15, -0.1) is 11.8 Å². The number of esters is 1. The van der Waals surface area contributed by atoms with Crippen molar-refractivity contribution in [2.45, 2.75) is 62.7 Å². The van der Waals surface area contributed by atoms with Crippen LogP contribution in [-0.4, -0.2) is 23.7 Å². The maximum atomic E-state index is 14.0. The highest BCUT2D eigenvalue weighted by molar-refractivity contribution is 8.00. The van der Waals surface area contributed by atoms with E-state index in [2.05, 4.69) is 0 Å². The highest BCUT2D eigenvalue weighted by Gasteiger charge is 2.35. The lowest BCUT2D eigenvalue weighted by atomic mass is 10.0. The second kappa shape index (κ2) is 11.1. The van der Waals surface area contributed by atoms with Crippen molar-refractivity contribution >= 4 is 17.7 Å². The van der Waals surface area contributed by atoms with Crippen molar-refractivity contribution in [2.24, 2.45) is 0 Å². The van der Waals surface area contributed by atoms with E-state index >= 15 is 0 Å². The number of benzene rings is 2. The maximum absolute atomic E-state index is 14.0. The van der Waals surface area contributed by atoms with E-state index < -0.39 is 29.7 Å². The molecule has 0 heterocycles. The summed E-state index contributed by atoms with van der Waals surface area (Å²) in [6, 6.07) is 16.8. The summed E-state index contributed by atoms with van der Waals surface area (Å²) in [7, 11) is 0. The Balaban J connectivity index is 2.21. The Morgan fingerprint density at radius 2 is 1.69 bits per heavy atom. The van der Waals surface area contributed by atoms with E-state index in [-0.39, 0.29) is 0 Å². The summed E-state index contributed by atoms with van der Waals surface area (Å²) in [6.07, 6.45) is -1.95. The Morgan fingerprint density at radius 3 is 2.24 bits per heavy atom. The zero-order valence-electron chi connectivity index (χ0n) is 17.3. The molecule has 0 amide bonds. The number of alkyl halides is 2. The van der Waals surface area contributed by atoms with E-state index in [4.69, 9.17) is 4.74 Å². The fraction of sp³-hybridized carbons (Fsp3) is 0.375. The lowest BCUT2D eigenvalue weighted by Crippen LogP contribution is -2.36. The molecule has 2 aromatic rings. The molecule has 5 heteroatoms. The summed E-state index contributed by atoms with van der Waals surface area (Å²) >= 11 is 1.32. The molecule has 29 heavy (non-hydrogen) atoms. The molecule has 0 aliphatic rings. The number of ether oxygens (including phenoxy) is 1. The van der Waals surface area contributed by atoms with Gasteiger partial charge in [-0.25, -0.2) is 8.78 Å². The predicted octanol–water partition coefficient (Wildman–Crippen LogP) is 6.79. The van der Waals surface area contributed by atoms with Crippen LogP contribution in [0.5, 0.6) is 0 Å². The Kier molecular flexibility index (Phi) is 8.90. The molecule has 2 rings (SSSR count). The third-order valence-corrected chi connectivity index (χ3v) is 5.89. The second-order valence-electron chi connectivity index (χ2n) is 7.35. The quantitative estimate of drug-likeness (QED) is 0.255. The van der Waals surface area contributed by atoms with E-state index in [1.165, 1.54) is 11.8 Å². The molecule has 2 nitrogen and oxygen atoms in total. The highest BCUT2D eigenvalue weighted by Crippen LogP contribution is 2.33. The highest BCUT2D eigenvalue weighted by atomic mass is 32.2. The maximum Gasteiger partial charge on any atom is 0.313 e. The molecule has 0 aliphatic carbocycles. The molecule has 0 aromatic heterocycles. The predicted molar refractivity (Wildman–Crippen MR) is 116 cm³/mol. The van der Waals surface area contributed by atoms with Crippen LogP contribution in [0.15, 0.2) is 71.1 Å². The molecular formula is C24H28F2O2S. The van der Waals surface area contributed by atoms with E-state index in [9.17, 15) is 13.6 Å². The zero-order chi connectivity index (χ0) is 21.4. The monoisotopic (exact) mass is 418 g/mol. The molecule has 0 radical (unpaired) electrons. The van der Waals surface area contributed by atoms with Gasteiger partial charge in [0.15, 0.2) is 6.10 Å². The lowest BCUT2D eigenvalue weighted by molar-refractivity contribution is -0.158. The van der Waals surface area contributed by atoms with E-state index in [0.29, 0.717) is 6.42 Å². The Hall–Kier alpha value is -2.14. The first kappa shape index (κ1) is 23.1. The molecule has 156 valence electrons. The van der Waals surface area contributed by atoms with Crippen LogP contribution < -0.4 is 0 Å². The van der Waals surface area contributed by atoms with Crippen molar-refractivity contribution in [3.05, 3.63) is 77.4 Å². The number of halogens is 2. The minimum Gasteiger partial charge on any atom is -0.455 e. The third-order valence-electron chi connectivity index (χ3n) is 4.59.